The van der Waals surface area contributed by atoms with Crippen molar-refractivity contribution in [2.24, 2.45) is 4.99 Å². The van der Waals surface area contributed by atoms with Crippen molar-refractivity contribution in [3.05, 3.63) is 0 Å². The van der Waals surface area contributed by atoms with Crippen LogP contribution in [0, 0.1) is 0 Å². The Hall–Kier alpha value is -4.31. The van der Waals surface area contributed by atoms with Gasteiger partial charge in [0.15, 0.2) is 0 Å². The van der Waals surface area contributed by atoms with E-state index in [0.29, 0.717) is 58.5 Å². The maximum absolute atomic E-state index is 12.7. The van der Waals surface area contributed by atoms with Crippen LogP contribution in [0.4, 0.5) is 19.2 Å². The lowest BCUT2D eigenvalue weighted by molar-refractivity contribution is -0.129. The van der Waals surface area contributed by atoms with Gasteiger partial charge in [-0.15, -0.1) is 4.99 Å². The zero-order valence-corrected chi connectivity index (χ0v) is 36.3. The molecule has 0 spiro atoms. The fourth-order valence-electron chi connectivity index (χ4n) is 4.60. The van der Waals surface area contributed by atoms with Crippen LogP contribution in [0.25, 0.3) is 0 Å². The number of alkyl carbamates (subject to hydrolysis) is 2. The molecule has 0 atom stereocenters. The van der Waals surface area contributed by atoms with Crippen LogP contribution in [0.5, 0.6) is 0 Å². The lowest BCUT2D eigenvalue weighted by Crippen LogP contribution is -2.44. The Kier molecular flexibility index (Phi) is 23.8. The molecule has 0 saturated heterocycles. The first-order valence-corrected chi connectivity index (χ1v) is 19.8. The van der Waals surface area contributed by atoms with E-state index in [0.717, 1.165) is 38.5 Å². The van der Waals surface area contributed by atoms with Gasteiger partial charge in [0.25, 0.3) is 0 Å². The van der Waals surface area contributed by atoms with Gasteiger partial charge in [-0.1, -0.05) is 25.7 Å². The third-order valence-corrected chi connectivity index (χ3v) is 6.86. The summed E-state index contributed by atoms with van der Waals surface area (Å²) in [6.45, 7) is 23.5. The van der Waals surface area contributed by atoms with Crippen LogP contribution in [0.3, 0.4) is 0 Å². The largest absolute Gasteiger partial charge is 0.444 e. The molecule has 0 fully saturated rings. The summed E-state index contributed by atoms with van der Waals surface area (Å²) in [5.74, 6) is -0.748. The summed E-state index contributed by atoms with van der Waals surface area (Å²) < 4.78 is 21.2. The molecule has 0 bridgehead atoms. The maximum atomic E-state index is 12.7. The molecule has 0 aromatic carbocycles. The quantitative estimate of drug-likeness (QED) is 0.0303. The van der Waals surface area contributed by atoms with Crippen molar-refractivity contribution in [3.63, 3.8) is 0 Å². The fraction of sp³-hybridized carbons (Fsp3) is 0.821. The number of carbonyl (C=O) groups is 6. The molecule has 0 rings (SSSR count). The number of hydrogen-bond donors (Lipinski definition) is 5. The Labute approximate surface area is 334 Å². The molecule has 17 heteroatoms. The van der Waals surface area contributed by atoms with E-state index < -0.39 is 46.8 Å². The van der Waals surface area contributed by atoms with Gasteiger partial charge in [0.2, 0.25) is 17.8 Å². The highest BCUT2D eigenvalue weighted by atomic mass is 16.6. The lowest BCUT2D eigenvalue weighted by Gasteiger charge is -2.27. The molecular formula is C39H73N7O10. The van der Waals surface area contributed by atoms with Gasteiger partial charge in [-0.05, 0) is 115 Å². The Morgan fingerprint density at radius 3 is 1.38 bits per heavy atom. The third-order valence-electron chi connectivity index (χ3n) is 6.86. The summed E-state index contributed by atoms with van der Waals surface area (Å²) in [7, 11) is 0. The molecule has 0 heterocycles. The second kappa shape index (κ2) is 25.8. The van der Waals surface area contributed by atoms with Crippen LogP contribution < -0.4 is 26.6 Å². The van der Waals surface area contributed by atoms with Crippen molar-refractivity contribution < 1.29 is 47.7 Å². The standard InChI is InChI=1S/C39H73N7O10/c1-36(2,3)53-32(49)43-25-21-27-46(35(52)56-39(10,11)12)26-20-19-23-41-30(48)28-29(47)40-22-17-15-13-14-16-18-24-42-31(44-33(50)54-37(4,5)6)45-34(51)55-38(7,8)9/h13-28H2,1-12H3,(H,40,47)(H,41,48)(H,43,49)(H2,42,44,45,50,51). The van der Waals surface area contributed by atoms with Gasteiger partial charge in [-0.3, -0.25) is 14.9 Å². The molecule has 0 aliphatic heterocycles. The number of hydrogen-bond acceptors (Lipinski definition) is 10. The van der Waals surface area contributed by atoms with Crippen molar-refractivity contribution in [2.45, 2.75) is 170 Å². The van der Waals surface area contributed by atoms with Gasteiger partial charge in [0.1, 0.15) is 28.8 Å². The second-order valence-electron chi connectivity index (χ2n) is 17.4. The molecule has 0 aliphatic carbocycles. The summed E-state index contributed by atoms with van der Waals surface area (Å²) in [4.78, 5) is 79.0. The highest BCUT2D eigenvalue weighted by Gasteiger charge is 2.23. The number of unbranched alkanes of at least 4 members (excludes halogenated alkanes) is 6. The van der Waals surface area contributed by atoms with Crippen molar-refractivity contribution in [1.82, 2.24) is 31.5 Å². The SMILES string of the molecule is CC(C)(C)OC(=O)N=C(NCCCCCCCCNC(=O)CC(=O)NCCCCN(CCCNC(=O)OC(C)(C)C)C(=O)OC(C)(C)C)NC(=O)OC(C)(C)C. The molecule has 0 aliphatic rings. The van der Waals surface area contributed by atoms with Crippen LogP contribution >= 0.6 is 0 Å². The van der Waals surface area contributed by atoms with Crippen molar-refractivity contribution in [3.8, 4) is 0 Å². The number of ether oxygens (including phenoxy) is 4. The van der Waals surface area contributed by atoms with Crippen LogP contribution in [0.15, 0.2) is 4.99 Å². The van der Waals surface area contributed by atoms with Gasteiger partial charge in [-0.2, -0.15) is 0 Å². The van der Waals surface area contributed by atoms with E-state index in [2.05, 4.69) is 31.6 Å². The summed E-state index contributed by atoms with van der Waals surface area (Å²) in [5.41, 5.74) is -2.71. The summed E-state index contributed by atoms with van der Waals surface area (Å²) >= 11 is 0. The van der Waals surface area contributed by atoms with E-state index in [9.17, 15) is 28.8 Å². The van der Waals surface area contributed by atoms with Gasteiger partial charge < -0.3 is 45.1 Å². The number of nitrogens with one attached hydrogen (secondary N) is 5. The molecule has 5 N–H and O–H groups in total. The van der Waals surface area contributed by atoms with Crippen LogP contribution in [-0.4, -0.2) is 109 Å². The minimum atomic E-state index is -0.833. The van der Waals surface area contributed by atoms with Crippen LogP contribution in [0.2, 0.25) is 0 Å². The fourth-order valence-corrected chi connectivity index (χ4v) is 4.60. The topological polar surface area (TPSA) is 215 Å². The average molecular weight is 800 g/mol. The number of carbonyl (C=O) groups excluding carboxylic acids is 6. The highest BCUT2D eigenvalue weighted by Crippen LogP contribution is 2.12. The first-order valence-electron chi connectivity index (χ1n) is 19.8. The van der Waals surface area contributed by atoms with Crippen molar-refractivity contribution in [2.75, 3.05) is 39.3 Å². The molecule has 17 nitrogen and oxygen atoms in total. The molecule has 0 unspecified atom stereocenters. The highest BCUT2D eigenvalue weighted by molar-refractivity contribution is 5.99. The van der Waals surface area contributed by atoms with Crippen molar-refractivity contribution in [1.29, 1.82) is 0 Å². The predicted octanol–water partition coefficient (Wildman–Crippen LogP) is 6.29. The maximum Gasteiger partial charge on any atom is 0.437 e. The number of aliphatic imine (C=N–C) groups is 1. The van der Waals surface area contributed by atoms with E-state index >= 15 is 0 Å². The van der Waals surface area contributed by atoms with E-state index in [4.69, 9.17) is 18.9 Å². The minimum absolute atomic E-state index is 0.0424. The first kappa shape index (κ1) is 51.7. The summed E-state index contributed by atoms with van der Waals surface area (Å²) in [6.07, 6.45) is 4.20. The van der Waals surface area contributed by atoms with Gasteiger partial charge in [-0.25, -0.2) is 19.2 Å². The normalized spacial score (nSPS) is 12.2. The van der Waals surface area contributed by atoms with Crippen molar-refractivity contribution >= 4 is 42.1 Å². The van der Waals surface area contributed by atoms with E-state index in [1.807, 2.05) is 0 Å². The first-order chi connectivity index (χ1) is 25.7. The number of nitrogens with zero attached hydrogens (tertiary/aromatic N) is 2. The van der Waals surface area contributed by atoms with Gasteiger partial charge in [0, 0.05) is 39.3 Å². The zero-order valence-electron chi connectivity index (χ0n) is 36.3. The Morgan fingerprint density at radius 1 is 0.464 bits per heavy atom. The van der Waals surface area contributed by atoms with Crippen LogP contribution in [0.1, 0.15) is 147 Å². The Bertz CT molecular complexity index is 1260. The van der Waals surface area contributed by atoms with Gasteiger partial charge in [0.05, 0.1) is 0 Å². The Balaban J connectivity index is 4.33. The summed E-state index contributed by atoms with van der Waals surface area (Å²) in [5, 5.41) is 13.7. The van der Waals surface area contributed by atoms with Crippen LogP contribution in [-0.2, 0) is 28.5 Å². The smallest absolute Gasteiger partial charge is 0.437 e. The Morgan fingerprint density at radius 2 is 0.875 bits per heavy atom. The number of guanidine groups is 1. The molecule has 0 saturated carbocycles. The molecular weight excluding hydrogens is 726 g/mol. The third kappa shape index (κ3) is 33.1. The van der Waals surface area contributed by atoms with E-state index in [1.54, 1.807) is 88.0 Å². The van der Waals surface area contributed by atoms with Gasteiger partial charge >= 0.3 is 24.4 Å². The average Bonchev–Trinajstić information content (AvgIpc) is 2.98. The number of amides is 6. The number of rotatable bonds is 20. The molecule has 6 amide bonds. The zero-order chi connectivity index (χ0) is 43.0. The second-order valence-corrected chi connectivity index (χ2v) is 17.4. The lowest BCUT2D eigenvalue weighted by atomic mass is 10.1. The molecule has 324 valence electrons. The molecule has 0 radical (unpaired) electrons. The summed E-state index contributed by atoms with van der Waals surface area (Å²) in [6, 6.07) is 0. The minimum Gasteiger partial charge on any atom is -0.444 e. The predicted molar refractivity (Wildman–Crippen MR) is 215 cm³/mol. The molecule has 0 aromatic heterocycles. The van der Waals surface area contributed by atoms with E-state index in [-0.39, 0.29) is 24.2 Å². The molecule has 0 aromatic rings. The monoisotopic (exact) mass is 800 g/mol. The van der Waals surface area contributed by atoms with E-state index in [1.165, 1.54) is 0 Å². The molecule has 56 heavy (non-hydrogen) atoms.